The van der Waals surface area contributed by atoms with E-state index in [1.165, 1.54) is 12.2 Å². The summed E-state index contributed by atoms with van der Waals surface area (Å²) in [5.74, 6) is -0.900. The molecule has 0 fully saturated rings. The number of carbonyl (C=O) groups excluding carboxylic acids is 2. The van der Waals surface area contributed by atoms with Crippen molar-refractivity contribution in [1.29, 1.82) is 0 Å². The van der Waals surface area contributed by atoms with Gasteiger partial charge in [0.05, 0.1) is 5.56 Å². The summed E-state index contributed by atoms with van der Waals surface area (Å²) >= 11 is 0. The lowest BCUT2D eigenvalue weighted by Gasteiger charge is -2.02. The van der Waals surface area contributed by atoms with E-state index in [4.69, 9.17) is 9.47 Å². The topological polar surface area (TPSA) is 52.6 Å². The molecule has 0 heterocycles. The highest BCUT2D eigenvalue weighted by Crippen LogP contribution is 2.02. The minimum atomic E-state index is -0.473. The second kappa shape index (κ2) is 8.42. The van der Waals surface area contributed by atoms with Crippen molar-refractivity contribution in [2.75, 3.05) is 6.61 Å². The van der Waals surface area contributed by atoms with Crippen LogP contribution in [-0.4, -0.2) is 18.5 Å². The summed E-state index contributed by atoms with van der Waals surface area (Å²) in [6, 6.07) is 18.1. The van der Waals surface area contributed by atoms with Gasteiger partial charge in [0, 0.05) is 6.08 Å². The fourth-order valence-electron chi connectivity index (χ4n) is 1.70. The highest BCUT2D eigenvalue weighted by Gasteiger charge is 2.04. The molecule has 2 rings (SSSR count). The molecule has 0 spiro atoms. The Morgan fingerprint density at radius 3 is 2.18 bits per heavy atom. The standard InChI is InChI=1S/C18H16O4/c19-17(22-14-15-8-3-1-4-9-15)12-7-13-21-18(20)16-10-5-2-6-11-16/h1-12H,13-14H2/b12-7+. The van der Waals surface area contributed by atoms with E-state index in [2.05, 4.69) is 0 Å². The minimum absolute atomic E-state index is 0.0220. The maximum absolute atomic E-state index is 11.6. The zero-order chi connectivity index (χ0) is 15.6. The molecule has 0 saturated heterocycles. The lowest BCUT2D eigenvalue weighted by molar-refractivity contribution is -0.139. The van der Waals surface area contributed by atoms with Gasteiger partial charge in [-0.15, -0.1) is 0 Å². The Bertz CT molecular complexity index is 633. The van der Waals surface area contributed by atoms with Gasteiger partial charge in [0.1, 0.15) is 13.2 Å². The first-order chi connectivity index (χ1) is 10.8. The molecule has 4 heteroatoms. The lowest BCUT2D eigenvalue weighted by atomic mass is 10.2. The lowest BCUT2D eigenvalue weighted by Crippen LogP contribution is -2.05. The van der Waals surface area contributed by atoms with E-state index in [1.807, 2.05) is 36.4 Å². The quantitative estimate of drug-likeness (QED) is 0.607. The van der Waals surface area contributed by atoms with Crippen molar-refractivity contribution in [3.63, 3.8) is 0 Å². The van der Waals surface area contributed by atoms with Crippen LogP contribution in [0.3, 0.4) is 0 Å². The molecule has 0 atom stereocenters. The molecule has 0 aliphatic heterocycles. The first-order valence-corrected chi connectivity index (χ1v) is 6.85. The third-order valence-corrected chi connectivity index (χ3v) is 2.80. The van der Waals surface area contributed by atoms with E-state index < -0.39 is 11.9 Å². The van der Waals surface area contributed by atoms with Crippen molar-refractivity contribution in [1.82, 2.24) is 0 Å². The molecule has 0 unspecified atom stereocenters. The number of esters is 2. The Hall–Kier alpha value is -2.88. The average molecular weight is 296 g/mol. The molecule has 0 aromatic heterocycles. The highest BCUT2D eigenvalue weighted by atomic mass is 16.5. The maximum Gasteiger partial charge on any atom is 0.338 e. The van der Waals surface area contributed by atoms with Crippen molar-refractivity contribution in [2.24, 2.45) is 0 Å². The molecule has 4 nitrogen and oxygen atoms in total. The summed E-state index contributed by atoms with van der Waals surface area (Å²) in [6.45, 7) is 0.238. The van der Waals surface area contributed by atoms with Gasteiger partial charge in [-0.25, -0.2) is 9.59 Å². The Balaban J connectivity index is 1.69. The van der Waals surface area contributed by atoms with Crippen molar-refractivity contribution >= 4 is 11.9 Å². The molecule has 0 bridgehead atoms. The highest BCUT2D eigenvalue weighted by molar-refractivity contribution is 5.89. The Morgan fingerprint density at radius 2 is 1.50 bits per heavy atom. The van der Waals surface area contributed by atoms with Gasteiger partial charge in [0.2, 0.25) is 0 Å². The van der Waals surface area contributed by atoms with Gasteiger partial charge in [-0.3, -0.25) is 0 Å². The molecule has 2 aromatic rings. The maximum atomic E-state index is 11.6. The van der Waals surface area contributed by atoms with E-state index in [1.54, 1.807) is 24.3 Å². The van der Waals surface area contributed by atoms with Crippen LogP contribution >= 0.6 is 0 Å². The number of benzene rings is 2. The van der Waals surface area contributed by atoms with Crippen LogP contribution in [-0.2, 0) is 20.9 Å². The van der Waals surface area contributed by atoms with Gasteiger partial charge < -0.3 is 9.47 Å². The Morgan fingerprint density at radius 1 is 0.864 bits per heavy atom. The first kappa shape index (κ1) is 15.5. The molecule has 22 heavy (non-hydrogen) atoms. The Kier molecular flexibility index (Phi) is 5.93. The third kappa shape index (κ3) is 5.25. The molecule has 2 aromatic carbocycles. The summed E-state index contributed by atoms with van der Waals surface area (Å²) in [5.41, 5.74) is 1.39. The average Bonchev–Trinajstić information content (AvgIpc) is 2.58. The van der Waals surface area contributed by atoms with Crippen molar-refractivity contribution in [3.8, 4) is 0 Å². The summed E-state index contributed by atoms with van der Waals surface area (Å²) in [4.78, 5) is 23.1. The van der Waals surface area contributed by atoms with Gasteiger partial charge in [-0.05, 0) is 23.8 Å². The summed E-state index contributed by atoms with van der Waals surface area (Å²) in [5, 5.41) is 0. The van der Waals surface area contributed by atoms with Crippen LogP contribution in [0.15, 0.2) is 72.8 Å². The van der Waals surface area contributed by atoms with Crippen LogP contribution < -0.4 is 0 Å². The first-order valence-electron chi connectivity index (χ1n) is 6.85. The van der Waals surface area contributed by atoms with Gasteiger partial charge in [-0.2, -0.15) is 0 Å². The van der Waals surface area contributed by atoms with Crippen molar-refractivity contribution < 1.29 is 19.1 Å². The van der Waals surface area contributed by atoms with Crippen molar-refractivity contribution in [2.45, 2.75) is 6.61 Å². The minimum Gasteiger partial charge on any atom is -0.458 e. The van der Waals surface area contributed by atoms with Crippen LogP contribution in [0, 0.1) is 0 Å². The number of hydrogen-bond donors (Lipinski definition) is 0. The van der Waals surface area contributed by atoms with Crippen molar-refractivity contribution in [3.05, 3.63) is 83.9 Å². The Labute approximate surface area is 129 Å². The van der Waals surface area contributed by atoms with Gasteiger partial charge >= 0.3 is 11.9 Å². The van der Waals surface area contributed by atoms with Crippen LogP contribution in [0.1, 0.15) is 15.9 Å². The van der Waals surface area contributed by atoms with Gasteiger partial charge in [0.15, 0.2) is 0 Å². The summed E-state index contributed by atoms with van der Waals surface area (Å²) < 4.78 is 10.1. The fourth-order valence-corrected chi connectivity index (χ4v) is 1.70. The SMILES string of the molecule is O=C(/C=C/COC(=O)c1ccccc1)OCc1ccccc1. The monoisotopic (exact) mass is 296 g/mol. The van der Waals surface area contributed by atoms with E-state index in [0.717, 1.165) is 5.56 Å². The van der Waals surface area contributed by atoms with E-state index >= 15 is 0 Å². The molecule has 0 amide bonds. The predicted molar refractivity (Wildman–Crippen MR) is 82.1 cm³/mol. The van der Waals surface area contributed by atoms with Crippen LogP contribution in [0.2, 0.25) is 0 Å². The van der Waals surface area contributed by atoms with E-state index in [9.17, 15) is 9.59 Å². The molecular weight excluding hydrogens is 280 g/mol. The third-order valence-electron chi connectivity index (χ3n) is 2.80. The number of carbonyl (C=O) groups is 2. The second-order valence-corrected chi connectivity index (χ2v) is 4.46. The zero-order valence-corrected chi connectivity index (χ0v) is 12.0. The van der Waals surface area contributed by atoms with Gasteiger partial charge in [0.25, 0.3) is 0 Å². The molecule has 112 valence electrons. The molecule has 0 aliphatic rings. The largest absolute Gasteiger partial charge is 0.458 e. The molecular formula is C18H16O4. The number of ether oxygens (including phenoxy) is 2. The smallest absolute Gasteiger partial charge is 0.338 e. The number of hydrogen-bond acceptors (Lipinski definition) is 4. The van der Waals surface area contributed by atoms with Crippen LogP contribution in [0.5, 0.6) is 0 Å². The van der Waals surface area contributed by atoms with Crippen LogP contribution in [0.25, 0.3) is 0 Å². The summed E-state index contributed by atoms with van der Waals surface area (Å²) in [6.07, 6.45) is 2.70. The van der Waals surface area contributed by atoms with Crippen LogP contribution in [0.4, 0.5) is 0 Å². The molecule has 0 N–H and O–H groups in total. The van der Waals surface area contributed by atoms with E-state index in [-0.39, 0.29) is 13.2 Å². The molecule has 0 radical (unpaired) electrons. The second-order valence-electron chi connectivity index (χ2n) is 4.46. The normalized spacial score (nSPS) is 10.4. The fraction of sp³-hybridized carbons (Fsp3) is 0.111. The van der Waals surface area contributed by atoms with Gasteiger partial charge in [-0.1, -0.05) is 48.5 Å². The molecule has 0 saturated carbocycles. The summed E-state index contributed by atoms with van der Waals surface area (Å²) in [7, 11) is 0. The zero-order valence-electron chi connectivity index (χ0n) is 12.0. The molecule has 0 aliphatic carbocycles. The number of rotatable bonds is 6. The predicted octanol–water partition coefficient (Wildman–Crippen LogP) is 3.14. The van der Waals surface area contributed by atoms with E-state index in [0.29, 0.717) is 5.56 Å².